The number of carbonyl (C=O) groups is 2. The molecule has 0 atom stereocenters. The number of pyridine rings is 1. The van der Waals surface area contributed by atoms with Gasteiger partial charge in [-0.15, -0.1) is 0 Å². The van der Waals surface area contributed by atoms with Crippen LogP contribution >= 0.6 is 15.9 Å². The van der Waals surface area contributed by atoms with Gasteiger partial charge in [0.15, 0.2) is 5.82 Å². The molecule has 0 spiro atoms. The van der Waals surface area contributed by atoms with Gasteiger partial charge >= 0.3 is 0 Å². The Morgan fingerprint density at radius 2 is 2.00 bits per heavy atom. The van der Waals surface area contributed by atoms with Crippen LogP contribution in [0.5, 0.6) is 0 Å². The fourth-order valence-corrected chi connectivity index (χ4v) is 2.84. The monoisotopic (exact) mass is 416 g/mol. The number of H-pyrrole nitrogens is 1. The Hall–Kier alpha value is -2.94. The van der Waals surface area contributed by atoms with Crippen LogP contribution in [0.1, 0.15) is 46.3 Å². The summed E-state index contributed by atoms with van der Waals surface area (Å²) in [6, 6.07) is 7.08. The second-order valence-electron chi connectivity index (χ2n) is 5.84. The average molecular weight is 417 g/mol. The standard InChI is InChI=1S/C17H17BrN6O2/c1-10(2)15-12(9-21-24(15)14-5-3-4-6-19-14)16(25)22-23-17(26)13-7-11(18)8-20-13/h3-10,20H,1-2H3,(H,22,25)(H,23,26). The van der Waals surface area contributed by atoms with Gasteiger partial charge in [0, 0.05) is 16.9 Å². The third kappa shape index (κ3) is 3.67. The van der Waals surface area contributed by atoms with Crippen LogP contribution in [0.4, 0.5) is 0 Å². The lowest BCUT2D eigenvalue weighted by molar-refractivity contribution is 0.0843. The summed E-state index contributed by atoms with van der Waals surface area (Å²) in [6.45, 7) is 3.92. The van der Waals surface area contributed by atoms with Crippen LogP contribution in [0.15, 0.2) is 47.3 Å². The zero-order chi connectivity index (χ0) is 18.7. The van der Waals surface area contributed by atoms with Gasteiger partial charge in [-0.05, 0) is 40.0 Å². The van der Waals surface area contributed by atoms with Gasteiger partial charge in [-0.2, -0.15) is 5.10 Å². The molecule has 0 aromatic carbocycles. The van der Waals surface area contributed by atoms with E-state index in [0.717, 1.165) is 4.47 Å². The average Bonchev–Trinajstić information content (AvgIpc) is 3.26. The van der Waals surface area contributed by atoms with Crippen molar-refractivity contribution in [2.24, 2.45) is 0 Å². The van der Waals surface area contributed by atoms with E-state index in [4.69, 9.17) is 0 Å². The molecular weight excluding hydrogens is 400 g/mol. The molecule has 3 heterocycles. The number of halogens is 1. The van der Waals surface area contributed by atoms with Gasteiger partial charge in [0.2, 0.25) is 0 Å². The maximum atomic E-state index is 12.5. The molecule has 0 saturated heterocycles. The van der Waals surface area contributed by atoms with E-state index in [-0.39, 0.29) is 5.92 Å². The minimum atomic E-state index is -0.452. The molecule has 3 aromatic heterocycles. The Bertz CT molecular complexity index is 932. The highest BCUT2D eigenvalue weighted by atomic mass is 79.9. The predicted octanol–water partition coefficient (Wildman–Crippen LogP) is 2.56. The molecule has 3 aromatic rings. The maximum Gasteiger partial charge on any atom is 0.286 e. The van der Waals surface area contributed by atoms with Gasteiger partial charge < -0.3 is 4.98 Å². The number of hydrogen-bond donors (Lipinski definition) is 3. The highest BCUT2D eigenvalue weighted by Gasteiger charge is 2.22. The summed E-state index contributed by atoms with van der Waals surface area (Å²) in [5.41, 5.74) is 6.21. The summed E-state index contributed by atoms with van der Waals surface area (Å²) < 4.78 is 2.37. The molecule has 0 aliphatic carbocycles. The number of carbonyl (C=O) groups excluding carboxylic acids is 2. The third-order valence-electron chi connectivity index (χ3n) is 3.65. The molecule has 134 valence electrons. The number of nitrogens with zero attached hydrogens (tertiary/aromatic N) is 3. The molecule has 8 nitrogen and oxygen atoms in total. The number of nitrogens with one attached hydrogen (secondary N) is 3. The normalized spacial score (nSPS) is 10.8. The lowest BCUT2D eigenvalue weighted by Gasteiger charge is -2.12. The van der Waals surface area contributed by atoms with Crippen LogP contribution in [0.3, 0.4) is 0 Å². The first-order valence-electron chi connectivity index (χ1n) is 7.91. The smallest absolute Gasteiger partial charge is 0.286 e. The number of hydrogen-bond acceptors (Lipinski definition) is 4. The van der Waals surface area contributed by atoms with E-state index in [1.165, 1.54) is 6.20 Å². The number of aromatic amines is 1. The maximum absolute atomic E-state index is 12.5. The molecule has 0 unspecified atom stereocenters. The highest BCUT2D eigenvalue weighted by Crippen LogP contribution is 2.22. The zero-order valence-electron chi connectivity index (χ0n) is 14.2. The Kier molecular flexibility index (Phi) is 5.17. The van der Waals surface area contributed by atoms with Gasteiger partial charge in [-0.25, -0.2) is 9.67 Å². The minimum absolute atomic E-state index is 0.0234. The van der Waals surface area contributed by atoms with Gasteiger partial charge in [0.05, 0.1) is 17.5 Å². The summed E-state index contributed by atoms with van der Waals surface area (Å²) in [7, 11) is 0. The van der Waals surface area contributed by atoms with Crippen LogP contribution in [0.25, 0.3) is 5.82 Å². The largest absolute Gasteiger partial charge is 0.356 e. The van der Waals surface area contributed by atoms with E-state index in [2.05, 4.69) is 41.8 Å². The van der Waals surface area contributed by atoms with Gasteiger partial charge in [0.25, 0.3) is 11.8 Å². The molecule has 26 heavy (non-hydrogen) atoms. The first-order valence-corrected chi connectivity index (χ1v) is 8.70. The molecule has 0 saturated carbocycles. The molecule has 0 aliphatic rings. The summed E-state index contributed by atoms with van der Waals surface area (Å²) in [5, 5.41) is 4.29. The fourth-order valence-electron chi connectivity index (χ4n) is 2.50. The summed E-state index contributed by atoms with van der Waals surface area (Å²) in [4.78, 5) is 31.6. The highest BCUT2D eigenvalue weighted by molar-refractivity contribution is 9.10. The molecule has 0 fully saturated rings. The van der Waals surface area contributed by atoms with Crippen LogP contribution < -0.4 is 10.9 Å². The van der Waals surface area contributed by atoms with Gasteiger partial charge in [0.1, 0.15) is 5.69 Å². The lowest BCUT2D eigenvalue weighted by atomic mass is 10.1. The number of hydrazine groups is 1. The van der Waals surface area contributed by atoms with E-state index in [1.807, 2.05) is 32.0 Å². The van der Waals surface area contributed by atoms with Gasteiger partial charge in [-0.3, -0.25) is 20.4 Å². The molecular formula is C17H17BrN6O2. The van der Waals surface area contributed by atoms with Gasteiger partial charge in [-0.1, -0.05) is 19.9 Å². The quantitative estimate of drug-likeness (QED) is 0.568. The number of aromatic nitrogens is 4. The Labute approximate surface area is 158 Å². The fraction of sp³-hybridized carbons (Fsp3) is 0.176. The van der Waals surface area contributed by atoms with Crippen molar-refractivity contribution in [1.82, 2.24) is 30.6 Å². The summed E-state index contributed by atoms with van der Waals surface area (Å²) >= 11 is 3.25. The Morgan fingerprint density at radius 3 is 2.62 bits per heavy atom. The van der Waals surface area contributed by atoms with Crippen LogP contribution in [0, 0.1) is 0 Å². The van der Waals surface area contributed by atoms with E-state index in [1.54, 1.807) is 23.1 Å². The van der Waals surface area contributed by atoms with Crippen molar-refractivity contribution in [3.8, 4) is 5.82 Å². The molecule has 9 heteroatoms. The first-order chi connectivity index (χ1) is 12.5. The molecule has 3 rings (SSSR count). The second-order valence-corrected chi connectivity index (χ2v) is 6.75. The van der Waals surface area contributed by atoms with Crippen molar-refractivity contribution in [2.75, 3.05) is 0 Å². The number of amides is 2. The van der Waals surface area contributed by atoms with E-state index in [0.29, 0.717) is 22.8 Å². The van der Waals surface area contributed by atoms with Crippen molar-refractivity contribution in [3.05, 3.63) is 64.3 Å². The van der Waals surface area contributed by atoms with E-state index < -0.39 is 11.8 Å². The molecule has 0 radical (unpaired) electrons. The lowest BCUT2D eigenvalue weighted by Crippen LogP contribution is -2.42. The molecule has 0 bridgehead atoms. The van der Waals surface area contributed by atoms with E-state index in [9.17, 15) is 9.59 Å². The number of rotatable bonds is 4. The molecule has 2 amide bonds. The predicted molar refractivity (Wildman–Crippen MR) is 98.9 cm³/mol. The van der Waals surface area contributed by atoms with Crippen molar-refractivity contribution in [3.63, 3.8) is 0 Å². The SMILES string of the molecule is CC(C)c1c(C(=O)NNC(=O)c2cc(Br)c[nH]2)cnn1-c1ccccn1. The van der Waals surface area contributed by atoms with Crippen molar-refractivity contribution in [2.45, 2.75) is 19.8 Å². The van der Waals surface area contributed by atoms with E-state index >= 15 is 0 Å². The van der Waals surface area contributed by atoms with Crippen molar-refractivity contribution < 1.29 is 9.59 Å². The van der Waals surface area contributed by atoms with Crippen LogP contribution in [-0.4, -0.2) is 31.6 Å². The second kappa shape index (κ2) is 7.52. The summed E-state index contributed by atoms with van der Waals surface area (Å²) in [6.07, 6.45) is 4.76. The zero-order valence-corrected chi connectivity index (χ0v) is 15.7. The first kappa shape index (κ1) is 17.9. The molecule has 0 aliphatic heterocycles. The van der Waals surface area contributed by atoms with Crippen LogP contribution in [0.2, 0.25) is 0 Å². The van der Waals surface area contributed by atoms with Crippen molar-refractivity contribution in [1.29, 1.82) is 0 Å². The topological polar surface area (TPSA) is 105 Å². The summed E-state index contributed by atoms with van der Waals surface area (Å²) in [5.74, 6) is -0.257. The third-order valence-corrected chi connectivity index (χ3v) is 4.10. The van der Waals surface area contributed by atoms with Crippen molar-refractivity contribution >= 4 is 27.7 Å². The Balaban J connectivity index is 1.79. The van der Waals surface area contributed by atoms with Crippen LogP contribution in [-0.2, 0) is 0 Å². The minimum Gasteiger partial charge on any atom is -0.356 e. The Morgan fingerprint density at radius 1 is 1.23 bits per heavy atom. The molecule has 3 N–H and O–H groups in total.